The van der Waals surface area contributed by atoms with Crippen molar-refractivity contribution in [3.8, 4) is 11.5 Å². The van der Waals surface area contributed by atoms with Crippen molar-refractivity contribution in [2.75, 3.05) is 45.2 Å². The molecule has 1 spiro atoms. The largest absolute Gasteiger partial charge is 0.486 e. The molecule has 0 saturated carbocycles. The number of ether oxygens (including phenoxy) is 3. The van der Waals surface area contributed by atoms with Gasteiger partial charge in [0.25, 0.3) is 0 Å². The Hall–Kier alpha value is -2.64. The number of urea groups is 1. The van der Waals surface area contributed by atoms with E-state index in [9.17, 15) is 9.59 Å². The monoisotopic (exact) mass is 361 g/mol. The topological polar surface area (TPSA) is 80.3 Å². The Balaban J connectivity index is 1.40. The first-order chi connectivity index (χ1) is 12.5. The second-order valence-electron chi connectivity index (χ2n) is 7.14. The molecule has 0 radical (unpaired) electrons. The molecule has 8 nitrogen and oxygen atoms in total. The molecule has 2 saturated heterocycles. The lowest BCUT2D eigenvalue weighted by Crippen LogP contribution is -2.49. The average Bonchev–Trinajstić information content (AvgIpc) is 2.89. The van der Waals surface area contributed by atoms with Gasteiger partial charge in [0.1, 0.15) is 18.8 Å². The van der Waals surface area contributed by atoms with Crippen LogP contribution in [0.4, 0.5) is 15.3 Å². The maximum absolute atomic E-state index is 12.6. The number of fused-ring (bicyclic) bond motifs is 1. The number of amides is 3. The van der Waals surface area contributed by atoms with Crippen molar-refractivity contribution in [3.63, 3.8) is 0 Å². The first-order valence-electron chi connectivity index (χ1n) is 8.86. The van der Waals surface area contributed by atoms with Gasteiger partial charge in [-0.05, 0) is 18.6 Å². The van der Waals surface area contributed by atoms with Crippen LogP contribution in [0.5, 0.6) is 11.5 Å². The van der Waals surface area contributed by atoms with E-state index in [1.165, 1.54) is 0 Å². The third-order valence-electron chi connectivity index (χ3n) is 5.23. The molecule has 8 heteroatoms. The van der Waals surface area contributed by atoms with Crippen LogP contribution >= 0.6 is 0 Å². The number of hydrogen-bond donors (Lipinski definition) is 1. The van der Waals surface area contributed by atoms with Gasteiger partial charge in [-0.15, -0.1) is 0 Å². The quantitative estimate of drug-likeness (QED) is 0.830. The molecule has 26 heavy (non-hydrogen) atoms. The minimum absolute atomic E-state index is 0.155. The summed E-state index contributed by atoms with van der Waals surface area (Å²) < 4.78 is 16.7. The Bertz CT molecular complexity index is 743. The molecule has 3 aliphatic heterocycles. The van der Waals surface area contributed by atoms with Crippen molar-refractivity contribution in [3.05, 3.63) is 17.7 Å². The second kappa shape index (κ2) is 6.26. The molecule has 1 aromatic rings. The number of nitrogens with zero attached hydrogens (tertiary/aromatic N) is 2. The van der Waals surface area contributed by atoms with Crippen LogP contribution in [0, 0.1) is 6.92 Å². The van der Waals surface area contributed by atoms with Gasteiger partial charge in [-0.25, -0.2) is 9.59 Å². The molecule has 3 amide bonds. The van der Waals surface area contributed by atoms with Crippen LogP contribution in [0.15, 0.2) is 12.1 Å². The molecule has 0 unspecified atom stereocenters. The van der Waals surface area contributed by atoms with Gasteiger partial charge in [0.15, 0.2) is 11.5 Å². The summed E-state index contributed by atoms with van der Waals surface area (Å²) in [4.78, 5) is 27.6. The predicted octanol–water partition coefficient (Wildman–Crippen LogP) is 2.21. The summed E-state index contributed by atoms with van der Waals surface area (Å²) in [6.07, 6.45) is 1.02. The van der Waals surface area contributed by atoms with Crippen LogP contribution < -0.4 is 14.8 Å². The van der Waals surface area contributed by atoms with E-state index in [0.717, 1.165) is 5.56 Å². The highest BCUT2D eigenvalue weighted by atomic mass is 16.6. The van der Waals surface area contributed by atoms with Gasteiger partial charge in [-0.3, -0.25) is 0 Å². The molecular weight excluding hydrogens is 338 g/mol. The van der Waals surface area contributed by atoms with E-state index >= 15 is 0 Å². The van der Waals surface area contributed by atoms with E-state index in [0.29, 0.717) is 62.9 Å². The number of likely N-dealkylation sites (N-methyl/N-ethyl adjacent to an activating group) is 1. The Kier molecular flexibility index (Phi) is 4.05. The number of rotatable bonds is 1. The summed E-state index contributed by atoms with van der Waals surface area (Å²) in [6, 6.07) is 3.53. The van der Waals surface area contributed by atoms with Crippen molar-refractivity contribution in [1.29, 1.82) is 0 Å². The fourth-order valence-corrected chi connectivity index (χ4v) is 3.69. The molecule has 1 aromatic carbocycles. The lowest BCUT2D eigenvalue weighted by Gasteiger charge is -2.37. The highest BCUT2D eigenvalue weighted by Gasteiger charge is 2.46. The zero-order valence-electron chi connectivity index (χ0n) is 15.0. The molecule has 2 fully saturated rings. The zero-order chi connectivity index (χ0) is 18.3. The van der Waals surface area contributed by atoms with Crippen molar-refractivity contribution >= 4 is 17.8 Å². The first-order valence-corrected chi connectivity index (χ1v) is 8.86. The van der Waals surface area contributed by atoms with Gasteiger partial charge < -0.3 is 29.3 Å². The smallest absolute Gasteiger partial charge is 0.410 e. The number of aryl methyl sites for hydroxylation is 1. The second-order valence-corrected chi connectivity index (χ2v) is 7.14. The normalized spacial score (nSPS) is 20.9. The standard InChI is InChI=1S/C18H23N3O5/c1-12-9-14-15(25-8-7-24-14)10-13(12)19-16(22)21-5-3-18(4-6-21)11-20(2)17(23)26-18/h9-10H,3-8,11H2,1-2H3,(H,19,22). The molecule has 0 aliphatic carbocycles. The van der Waals surface area contributed by atoms with Crippen molar-refractivity contribution in [2.45, 2.75) is 25.4 Å². The van der Waals surface area contributed by atoms with Crippen LogP contribution in [0.2, 0.25) is 0 Å². The fourth-order valence-electron chi connectivity index (χ4n) is 3.69. The number of carbonyl (C=O) groups is 2. The number of carbonyl (C=O) groups excluding carboxylic acids is 2. The number of hydrogen-bond acceptors (Lipinski definition) is 5. The molecule has 1 N–H and O–H groups in total. The van der Waals surface area contributed by atoms with Crippen LogP contribution in [0.3, 0.4) is 0 Å². The van der Waals surface area contributed by atoms with Crippen molar-refractivity contribution in [1.82, 2.24) is 9.80 Å². The highest BCUT2D eigenvalue weighted by molar-refractivity contribution is 5.90. The number of nitrogens with one attached hydrogen (secondary N) is 1. The Morgan fingerprint density at radius 1 is 1.15 bits per heavy atom. The van der Waals surface area contributed by atoms with Crippen molar-refractivity contribution in [2.24, 2.45) is 0 Å². The molecule has 140 valence electrons. The van der Waals surface area contributed by atoms with Gasteiger partial charge in [-0.1, -0.05) is 0 Å². The maximum Gasteiger partial charge on any atom is 0.410 e. The van der Waals surface area contributed by atoms with Gasteiger partial charge in [0.2, 0.25) is 0 Å². The molecule has 4 rings (SSSR count). The van der Waals surface area contributed by atoms with Gasteiger partial charge in [0.05, 0.1) is 6.54 Å². The summed E-state index contributed by atoms with van der Waals surface area (Å²) in [5.41, 5.74) is 1.18. The third kappa shape index (κ3) is 3.00. The van der Waals surface area contributed by atoms with Crippen LogP contribution in [0.1, 0.15) is 18.4 Å². The number of piperidine rings is 1. The fraction of sp³-hybridized carbons (Fsp3) is 0.556. The summed E-state index contributed by atoms with van der Waals surface area (Å²) in [5, 5.41) is 2.96. The highest BCUT2D eigenvalue weighted by Crippen LogP contribution is 2.36. The predicted molar refractivity (Wildman–Crippen MR) is 93.8 cm³/mol. The number of anilines is 1. The Labute approximate surface area is 152 Å². The lowest BCUT2D eigenvalue weighted by molar-refractivity contribution is 0.0109. The molecule has 3 aliphatic rings. The van der Waals surface area contributed by atoms with E-state index < -0.39 is 5.60 Å². The minimum atomic E-state index is -0.449. The van der Waals surface area contributed by atoms with E-state index in [1.807, 2.05) is 13.0 Å². The lowest BCUT2D eigenvalue weighted by atomic mass is 9.91. The van der Waals surface area contributed by atoms with Gasteiger partial charge in [-0.2, -0.15) is 0 Å². The van der Waals surface area contributed by atoms with E-state index in [-0.39, 0.29) is 12.1 Å². The zero-order valence-corrected chi connectivity index (χ0v) is 15.0. The van der Waals surface area contributed by atoms with E-state index in [4.69, 9.17) is 14.2 Å². The average molecular weight is 361 g/mol. The molecule has 3 heterocycles. The number of likely N-dealkylation sites (tertiary alicyclic amines) is 1. The third-order valence-corrected chi connectivity index (χ3v) is 5.23. The van der Waals surface area contributed by atoms with Gasteiger partial charge in [0, 0.05) is 44.7 Å². The first kappa shape index (κ1) is 16.8. The maximum atomic E-state index is 12.6. The van der Waals surface area contributed by atoms with Crippen LogP contribution in [-0.2, 0) is 4.74 Å². The minimum Gasteiger partial charge on any atom is -0.486 e. The van der Waals surface area contributed by atoms with E-state index in [2.05, 4.69) is 5.32 Å². The summed E-state index contributed by atoms with van der Waals surface area (Å²) >= 11 is 0. The SMILES string of the molecule is Cc1cc2c(cc1NC(=O)N1CCC3(CC1)CN(C)C(=O)O3)OCCO2. The van der Waals surface area contributed by atoms with Crippen LogP contribution in [-0.4, -0.2) is 67.4 Å². The van der Waals surface area contributed by atoms with Gasteiger partial charge >= 0.3 is 12.1 Å². The van der Waals surface area contributed by atoms with Crippen LogP contribution in [0.25, 0.3) is 0 Å². The Morgan fingerprint density at radius 3 is 2.42 bits per heavy atom. The molecule has 0 aromatic heterocycles. The summed E-state index contributed by atoms with van der Waals surface area (Å²) in [5.74, 6) is 1.36. The Morgan fingerprint density at radius 2 is 1.81 bits per heavy atom. The summed E-state index contributed by atoms with van der Waals surface area (Å²) in [6.45, 7) is 4.65. The molecular formula is C18H23N3O5. The molecule has 0 atom stereocenters. The van der Waals surface area contributed by atoms with E-state index in [1.54, 1.807) is 22.9 Å². The number of benzene rings is 1. The van der Waals surface area contributed by atoms with Crippen molar-refractivity contribution < 1.29 is 23.8 Å². The molecule has 0 bridgehead atoms. The summed E-state index contributed by atoms with van der Waals surface area (Å²) in [7, 11) is 1.74.